The highest BCUT2D eigenvalue weighted by molar-refractivity contribution is 5.50. The Hall–Kier alpha value is -1.07. The van der Waals surface area contributed by atoms with Crippen LogP contribution in [0.15, 0.2) is 0 Å². The molecule has 0 aliphatic heterocycles. The number of anilines is 1. The van der Waals surface area contributed by atoms with Crippen LogP contribution in [0.25, 0.3) is 0 Å². The highest BCUT2D eigenvalue weighted by atomic mass is 16.3. The van der Waals surface area contributed by atoms with Gasteiger partial charge in [-0.25, -0.2) is 0 Å². The molecule has 5 nitrogen and oxygen atoms in total. The van der Waals surface area contributed by atoms with Crippen LogP contribution in [-0.2, 0) is 13.6 Å². The number of aromatic nitrogens is 2. The molecule has 1 fully saturated rings. The third-order valence-corrected chi connectivity index (χ3v) is 3.91. The van der Waals surface area contributed by atoms with Crippen LogP contribution in [0.5, 0.6) is 0 Å². The molecular formula is C15H28N4O. The summed E-state index contributed by atoms with van der Waals surface area (Å²) in [6.45, 7) is 6.99. The molecule has 1 heterocycles. The zero-order chi connectivity index (χ0) is 14.5. The van der Waals surface area contributed by atoms with E-state index in [4.69, 9.17) is 0 Å². The van der Waals surface area contributed by atoms with Crippen LogP contribution in [0.4, 0.5) is 5.82 Å². The van der Waals surface area contributed by atoms with Gasteiger partial charge in [-0.2, -0.15) is 5.10 Å². The summed E-state index contributed by atoms with van der Waals surface area (Å²) in [4.78, 5) is 2.27. The van der Waals surface area contributed by atoms with Gasteiger partial charge in [-0.05, 0) is 26.2 Å². The molecule has 0 bridgehead atoms. The number of hydrogen-bond donors (Lipinski definition) is 2. The summed E-state index contributed by atoms with van der Waals surface area (Å²) >= 11 is 0. The number of aryl methyl sites for hydroxylation is 2. The van der Waals surface area contributed by atoms with Crippen molar-refractivity contribution in [2.75, 3.05) is 24.6 Å². The Kier molecular flexibility index (Phi) is 5.43. The molecule has 0 spiro atoms. The molecule has 0 amide bonds. The molecule has 0 unspecified atom stereocenters. The first kappa shape index (κ1) is 15.3. The molecule has 1 aromatic heterocycles. The number of aliphatic hydroxyl groups excluding tert-OH is 1. The number of unbranched alkanes of at least 4 members (excludes halogenated alkanes) is 1. The zero-order valence-electron chi connectivity index (χ0n) is 13.0. The molecular weight excluding hydrogens is 252 g/mol. The van der Waals surface area contributed by atoms with Crippen LogP contribution in [0.1, 0.15) is 43.9 Å². The van der Waals surface area contributed by atoms with Gasteiger partial charge in [-0.3, -0.25) is 4.68 Å². The van der Waals surface area contributed by atoms with E-state index >= 15 is 0 Å². The smallest absolute Gasteiger partial charge is 0.131 e. The van der Waals surface area contributed by atoms with E-state index < -0.39 is 0 Å². The average molecular weight is 280 g/mol. The van der Waals surface area contributed by atoms with Crippen molar-refractivity contribution in [3.05, 3.63) is 11.3 Å². The van der Waals surface area contributed by atoms with Gasteiger partial charge < -0.3 is 15.3 Å². The van der Waals surface area contributed by atoms with E-state index in [-0.39, 0.29) is 6.61 Å². The van der Waals surface area contributed by atoms with Crippen molar-refractivity contribution in [2.24, 2.45) is 7.05 Å². The summed E-state index contributed by atoms with van der Waals surface area (Å²) in [5.41, 5.74) is 2.37. The molecule has 1 aliphatic carbocycles. The number of aliphatic hydroxyl groups is 1. The lowest BCUT2D eigenvalue weighted by Crippen LogP contribution is -2.31. The summed E-state index contributed by atoms with van der Waals surface area (Å²) in [5, 5.41) is 17.5. The van der Waals surface area contributed by atoms with Crippen molar-refractivity contribution in [1.29, 1.82) is 0 Å². The predicted molar refractivity (Wildman–Crippen MR) is 82.0 cm³/mol. The molecule has 0 radical (unpaired) electrons. The van der Waals surface area contributed by atoms with E-state index in [1.807, 2.05) is 11.7 Å². The van der Waals surface area contributed by atoms with Crippen molar-refractivity contribution in [1.82, 2.24) is 15.1 Å². The minimum Gasteiger partial charge on any atom is -0.395 e. The van der Waals surface area contributed by atoms with Crippen LogP contribution in [-0.4, -0.2) is 40.6 Å². The first-order chi connectivity index (χ1) is 9.67. The van der Waals surface area contributed by atoms with E-state index in [1.54, 1.807) is 0 Å². The molecule has 1 saturated carbocycles. The second-order valence-electron chi connectivity index (χ2n) is 5.73. The first-order valence-electron chi connectivity index (χ1n) is 7.79. The molecule has 114 valence electrons. The molecule has 5 heteroatoms. The van der Waals surface area contributed by atoms with Crippen molar-refractivity contribution >= 4 is 5.82 Å². The maximum Gasteiger partial charge on any atom is 0.131 e. The van der Waals surface area contributed by atoms with E-state index in [0.717, 1.165) is 37.4 Å². The second-order valence-corrected chi connectivity index (χ2v) is 5.73. The zero-order valence-corrected chi connectivity index (χ0v) is 13.0. The van der Waals surface area contributed by atoms with E-state index in [9.17, 15) is 5.11 Å². The topological polar surface area (TPSA) is 53.3 Å². The minimum atomic E-state index is 0.184. The van der Waals surface area contributed by atoms with Crippen LogP contribution >= 0.6 is 0 Å². The highest BCUT2D eigenvalue weighted by Gasteiger charge is 2.23. The van der Waals surface area contributed by atoms with Gasteiger partial charge in [0.15, 0.2) is 0 Å². The van der Waals surface area contributed by atoms with Gasteiger partial charge in [-0.15, -0.1) is 0 Å². The molecule has 1 aliphatic rings. The Balaban J connectivity index is 2.16. The third-order valence-electron chi connectivity index (χ3n) is 3.91. The fourth-order valence-corrected chi connectivity index (χ4v) is 2.62. The van der Waals surface area contributed by atoms with Crippen molar-refractivity contribution in [3.63, 3.8) is 0 Å². The van der Waals surface area contributed by atoms with Gasteiger partial charge in [0.2, 0.25) is 0 Å². The Bertz CT molecular complexity index is 426. The lowest BCUT2D eigenvalue weighted by Gasteiger charge is -2.25. The average Bonchev–Trinajstić information content (AvgIpc) is 3.19. The number of rotatable bonds is 9. The number of nitrogens with zero attached hydrogens (tertiary/aromatic N) is 3. The maximum atomic E-state index is 9.33. The Morgan fingerprint density at radius 1 is 1.40 bits per heavy atom. The van der Waals surface area contributed by atoms with E-state index in [0.29, 0.717) is 12.6 Å². The Morgan fingerprint density at radius 2 is 2.15 bits per heavy atom. The molecule has 2 N–H and O–H groups in total. The molecule has 0 atom stereocenters. The maximum absolute atomic E-state index is 9.33. The van der Waals surface area contributed by atoms with Gasteiger partial charge in [0.25, 0.3) is 0 Å². The van der Waals surface area contributed by atoms with Crippen LogP contribution in [0.2, 0.25) is 0 Å². The van der Waals surface area contributed by atoms with Gasteiger partial charge >= 0.3 is 0 Å². The van der Waals surface area contributed by atoms with E-state index in [2.05, 4.69) is 29.2 Å². The van der Waals surface area contributed by atoms with Gasteiger partial charge in [0.05, 0.1) is 12.3 Å². The summed E-state index contributed by atoms with van der Waals surface area (Å²) < 4.78 is 1.96. The lowest BCUT2D eigenvalue weighted by atomic mass is 10.2. The fourth-order valence-electron chi connectivity index (χ4n) is 2.62. The first-order valence-corrected chi connectivity index (χ1v) is 7.79. The van der Waals surface area contributed by atoms with Gasteiger partial charge in [-0.1, -0.05) is 13.3 Å². The minimum absolute atomic E-state index is 0.184. The lowest BCUT2D eigenvalue weighted by molar-refractivity contribution is 0.300. The molecule has 0 aromatic carbocycles. The second kappa shape index (κ2) is 7.09. The summed E-state index contributed by atoms with van der Waals surface area (Å²) in [5.74, 6) is 1.16. The molecule has 0 saturated heterocycles. The summed E-state index contributed by atoms with van der Waals surface area (Å²) in [6.07, 6.45) is 4.89. The Labute approximate surface area is 122 Å². The van der Waals surface area contributed by atoms with Gasteiger partial charge in [0.1, 0.15) is 5.82 Å². The fraction of sp³-hybridized carbons (Fsp3) is 0.800. The third kappa shape index (κ3) is 3.73. The standard InChI is InChI=1S/C15H28N4O/c1-4-5-8-19(9-10-20)15-14(11-16-13-6-7-13)12(2)17-18(15)3/h13,16,20H,4-11H2,1-3H3. The molecule has 1 aromatic rings. The van der Waals surface area contributed by atoms with Crippen LogP contribution < -0.4 is 10.2 Å². The Morgan fingerprint density at radius 3 is 2.75 bits per heavy atom. The SMILES string of the molecule is CCCCN(CCO)c1c(CNC2CC2)c(C)nn1C. The largest absolute Gasteiger partial charge is 0.395 e. The van der Waals surface area contributed by atoms with Crippen molar-refractivity contribution in [3.8, 4) is 0 Å². The van der Waals surface area contributed by atoms with Crippen LogP contribution in [0.3, 0.4) is 0 Å². The normalized spacial score (nSPS) is 14.8. The van der Waals surface area contributed by atoms with Crippen molar-refractivity contribution < 1.29 is 5.11 Å². The monoisotopic (exact) mass is 280 g/mol. The quantitative estimate of drug-likeness (QED) is 0.721. The van der Waals surface area contributed by atoms with Crippen LogP contribution in [0, 0.1) is 6.92 Å². The number of nitrogens with one attached hydrogen (secondary N) is 1. The van der Waals surface area contributed by atoms with Crippen molar-refractivity contribution in [2.45, 2.75) is 52.1 Å². The van der Waals surface area contributed by atoms with Gasteiger partial charge in [0, 0.05) is 38.3 Å². The summed E-state index contributed by atoms with van der Waals surface area (Å²) in [7, 11) is 2.00. The van der Waals surface area contributed by atoms with E-state index in [1.165, 1.54) is 18.4 Å². The number of hydrogen-bond acceptors (Lipinski definition) is 4. The molecule has 2 rings (SSSR count). The molecule has 20 heavy (non-hydrogen) atoms. The highest BCUT2D eigenvalue weighted by Crippen LogP contribution is 2.26. The predicted octanol–water partition coefficient (Wildman–Crippen LogP) is 1.58. The summed E-state index contributed by atoms with van der Waals surface area (Å²) in [6, 6.07) is 0.699.